The van der Waals surface area contributed by atoms with Crippen LogP contribution in [0.25, 0.3) is 0 Å². The average molecular weight is 415 g/mol. The van der Waals surface area contributed by atoms with Crippen LogP contribution >= 0.6 is 0 Å². The summed E-state index contributed by atoms with van der Waals surface area (Å²) in [5, 5.41) is 0. The van der Waals surface area contributed by atoms with Gasteiger partial charge in [0.2, 0.25) is 0 Å². The van der Waals surface area contributed by atoms with Crippen molar-refractivity contribution in [3.05, 3.63) is 82.7 Å². The number of carbonyl (C=O) groups is 1. The van der Waals surface area contributed by atoms with E-state index in [1.165, 1.54) is 19.3 Å². The highest BCUT2D eigenvalue weighted by Crippen LogP contribution is 2.56. The predicted octanol–water partition coefficient (Wildman–Crippen LogP) is 5.78. The monoisotopic (exact) mass is 415 g/mol. The van der Waals surface area contributed by atoms with Gasteiger partial charge in [-0.3, -0.25) is 0 Å². The summed E-state index contributed by atoms with van der Waals surface area (Å²) in [4.78, 5) is 17.2. The Morgan fingerprint density at radius 1 is 0.968 bits per heavy atom. The van der Waals surface area contributed by atoms with E-state index in [0.717, 1.165) is 40.8 Å². The third-order valence-electron chi connectivity index (χ3n) is 6.17. The standard InChI is InChI=1S/C26H25NO4/c1-3-4-5-6-10-17-15-20-23(16-22(17)29-2)30-21-13-8-7-11-18(21)26(20)19-12-9-14-27-24(19)25(28)31-26/h7-9,11-16H,3-6,10H2,1-2H3. The second-order valence-corrected chi connectivity index (χ2v) is 8.04. The van der Waals surface area contributed by atoms with Crippen LogP contribution in [-0.2, 0) is 16.8 Å². The number of fused-ring (bicyclic) bond motifs is 6. The molecule has 3 aromatic rings. The molecule has 31 heavy (non-hydrogen) atoms. The molecule has 158 valence electrons. The molecule has 2 aromatic carbocycles. The van der Waals surface area contributed by atoms with Crippen LogP contribution in [0.15, 0.2) is 54.7 Å². The minimum atomic E-state index is -1.07. The Labute approximate surface area is 182 Å². The van der Waals surface area contributed by atoms with Crippen molar-refractivity contribution < 1.29 is 19.0 Å². The summed E-state index contributed by atoms with van der Waals surface area (Å²) in [6.45, 7) is 2.21. The molecule has 0 fully saturated rings. The number of hydrogen-bond donors (Lipinski definition) is 0. The minimum absolute atomic E-state index is 0.352. The first-order valence-corrected chi connectivity index (χ1v) is 10.9. The van der Waals surface area contributed by atoms with Gasteiger partial charge in [0.15, 0.2) is 11.3 Å². The van der Waals surface area contributed by atoms with E-state index in [0.29, 0.717) is 17.2 Å². The summed E-state index contributed by atoms with van der Waals surface area (Å²) in [5.41, 5.74) is 2.75. The van der Waals surface area contributed by atoms with Crippen LogP contribution in [0.2, 0.25) is 0 Å². The number of hydrogen-bond acceptors (Lipinski definition) is 5. The molecule has 0 saturated carbocycles. The lowest BCUT2D eigenvalue weighted by molar-refractivity contribution is 0.0221. The van der Waals surface area contributed by atoms with Crippen LogP contribution in [0, 0.1) is 0 Å². The summed E-state index contributed by atoms with van der Waals surface area (Å²) in [6.07, 6.45) is 7.16. The van der Waals surface area contributed by atoms with Crippen molar-refractivity contribution in [2.45, 2.75) is 44.6 Å². The van der Waals surface area contributed by atoms with E-state index in [2.05, 4.69) is 18.0 Å². The lowest BCUT2D eigenvalue weighted by Gasteiger charge is -2.36. The van der Waals surface area contributed by atoms with Crippen LogP contribution in [0.4, 0.5) is 0 Å². The summed E-state index contributed by atoms with van der Waals surface area (Å²) in [5.74, 6) is 1.67. The number of nitrogens with zero attached hydrogens (tertiary/aromatic N) is 1. The molecule has 5 nitrogen and oxygen atoms in total. The Balaban J connectivity index is 1.71. The fourth-order valence-electron chi connectivity index (χ4n) is 4.70. The number of benzene rings is 2. The molecule has 0 bridgehead atoms. The first-order chi connectivity index (χ1) is 15.2. The van der Waals surface area contributed by atoms with E-state index in [1.807, 2.05) is 42.5 Å². The van der Waals surface area contributed by atoms with Crippen molar-refractivity contribution in [3.63, 3.8) is 0 Å². The molecular weight excluding hydrogens is 390 g/mol. The van der Waals surface area contributed by atoms with E-state index < -0.39 is 11.6 Å². The van der Waals surface area contributed by atoms with Gasteiger partial charge in [-0.1, -0.05) is 50.5 Å². The molecule has 5 rings (SSSR count). The number of unbranched alkanes of at least 4 members (excludes halogenated alkanes) is 3. The largest absolute Gasteiger partial charge is 0.496 e. The molecule has 5 heteroatoms. The molecule has 0 radical (unpaired) electrons. The first kappa shape index (κ1) is 19.6. The molecule has 1 atom stereocenters. The Bertz CT molecular complexity index is 1160. The second-order valence-electron chi connectivity index (χ2n) is 8.04. The van der Waals surface area contributed by atoms with E-state index in [9.17, 15) is 4.79 Å². The van der Waals surface area contributed by atoms with Crippen LogP contribution in [0.5, 0.6) is 17.2 Å². The number of pyridine rings is 1. The lowest BCUT2D eigenvalue weighted by Crippen LogP contribution is -2.33. The van der Waals surface area contributed by atoms with Gasteiger partial charge in [0.25, 0.3) is 0 Å². The predicted molar refractivity (Wildman–Crippen MR) is 117 cm³/mol. The van der Waals surface area contributed by atoms with Gasteiger partial charge in [0, 0.05) is 29.0 Å². The molecule has 1 unspecified atom stereocenters. The number of esters is 1. The van der Waals surface area contributed by atoms with E-state index in [1.54, 1.807) is 13.3 Å². The van der Waals surface area contributed by atoms with Gasteiger partial charge in [-0.25, -0.2) is 9.78 Å². The molecule has 2 aliphatic rings. The smallest absolute Gasteiger partial charge is 0.358 e. The highest BCUT2D eigenvalue weighted by molar-refractivity contribution is 5.95. The zero-order valence-corrected chi connectivity index (χ0v) is 17.8. The van der Waals surface area contributed by atoms with Gasteiger partial charge < -0.3 is 14.2 Å². The van der Waals surface area contributed by atoms with Crippen molar-refractivity contribution >= 4 is 5.97 Å². The third-order valence-corrected chi connectivity index (χ3v) is 6.17. The van der Waals surface area contributed by atoms with Gasteiger partial charge in [-0.15, -0.1) is 0 Å². The van der Waals surface area contributed by atoms with Crippen molar-refractivity contribution in [2.24, 2.45) is 0 Å². The highest BCUT2D eigenvalue weighted by Gasteiger charge is 2.54. The number of carbonyl (C=O) groups excluding carboxylic acids is 1. The summed E-state index contributed by atoms with van der Waals surface area (Å²) in [7, 11) is 1.68. The molecule has 2 aliphatic heterocycles. The normalized spacial score (nSPS) is 18.1. The molecule has 0 N–H and O–H groups in total. The molecule has 0 aliphatic carbocycles. The SMILES string of the molecule is CCCCCCc1cc2c(cc1OC)Oc1ccccc1C21OC(=O)c2ncccc21. The number of para-hydroxylation sites is 1. The average Bonchev–Trinajstić information content (AvgIpc) is 3.10. The topological polar surface area (TPSA) is 57.7 Å². The molecule has 1 spiro atoms. The van der Waals surface area contributed by atoms with Crippen molar-refractivity contribution in [1.82, 2.24) is 4.98 Å². The van der Waals surface area contributed by atoms with Gasteiger partial charge in [-0.2, -0.15) is 0 Å². The molecule has 0 saturated heterocycles. The number of ether oxygens (including phenoxy) is 3. The zero-order valence-electron chi connectivity index (χ0n) is 17.8. The van der Waals surface area contributed by atoms with E-state index >= 15 is 0 Å². The number of aromatic nitrogens is 1. The molecule has 1 aromatic heterocycles. The van der Waals surface area contributed by atoms with Gasteiger partial charge in [0.05, 0.1) is 7.11 Å². The summed E-state index contributed by atoms with van der Waals surface area (Å²) >= 11 is 0. The molecular formula is C26H25NO4. The highest BCUT2D eigenvalue weighted by atomic mass is 16.6. The van der Waals surface area contributed by atoms with Crippen LogP contribution in [-0.4, -0.2) is 18.1 Å². The van der Waals surface area contributed by atoms with E-state index in [-0.39, 0.29) is 0 Å². The molecule has 3 heterocycles. The van der Waals surface area contributed by atoms with Crippen LogP contribution in [0.3, 0.4) is 0 Å². The second kappa shape index (κ2) is 7.73. The van der Waals surface area contributed by atoms with Gasteiger partial charge >= 0.3 is 5.97 Å². The maximum Gasteiger partial charge on any atom is 0.358 e. The Hall–Kier alpha value is -3.34. The van der Waals surface area contributed by atoms with Crippen molar-refractivity contribution in [2.75, 3.05) is 7.11 Å². The van der Waals surface area contributed by atoms with Gasteiger partial charge in [0.1, 0.15) is 17.2 Å². The molecule has 0 amide bonds. The quantitative estimate of drug-likeness (QED) is 0.377. The Morgan fingerprint density at radius 2 is 1.81 bits per heavy atom. The van der Waals surface area contributed by atoms with Crippen LogP contribution in [0.1, 0.15) is 65.3 Å². The fraction of sp³-hybridized carbons (Fsp3) is 0.308. The Morgan fingerprint density at radius 3 is 2.65 bits per heavy atom. The summed E-state index contributed by atoms with van der Waals surface area (Å²) in [6, 6.07) is 15.5. The minimum Gasteiger partial charge on any atom is -0.496 e. The van der Waals surface area contributed by atoms with Crippen molar-refractivity contribution in [3.8, 4) is 17.2 Å². The first-order valence-electron chi connectivity index (χ1n) is 10.9. The van der Waals surface area contributed by atoms with Crippen LogP contribution < -0.4 is 9.47 Å². The Kier molecular flexibility index (Phi) is 4.89. The van der Waals surface area contributed by atoms with Crippen molar-refractivity contribution in [1.29, 1.82) is 0 Å². The van der Waals surface area contributed by atoms with E-state index in [4.69, 9.17) is 14.2 Å². The number of rotatable bonds is 6. The third kappa shape index (κ3) is 2.99. The number of aryl methyl sites for hydroxylation is 1. The van der Waals surface area contributed by atoms with Gasteiger partial charge in [-0.05, 0) is 36.6 Å². The maximum absolute atomic E-state index is 12.9. The maximum atomic E-state index is 12.9. The lowest BCUT2D eigenvalue weighted by atomic mass is 9.77. The fourth-order valence-corrected chi connectivity index (χ4v) is 4.70. The zero-order chi connectivity index (χ0) is 21.4. The summed E-state index contributed by atoms with van der Waals surface area (Å²) < 4.78 is 18.1. The number of methoxy groups -OCH3 is 1.